The van der Waals surface area contributed by atoms with E-state index < -0.39 is 10.0 Å². The van der Waals surface area contributed by atoms with Gasteiger partial charge in [-0.05, 0) is 56.4 Å². The Morgan fingerprint density at radius 1 is 1.14 bits per heavy atom. The lowest BCUT2D eigenvalue weighted by Gasteiger charge is -2.33. The second-order valence-corrected chi connectivity index (χ2v) is 7.66. The Hall–Kier alpha value is -0.980. The molecule has 0 radical (unpaired) electrons. The standard InChI is InChI=1S/C15H20FNO3S/c1-11-10-14(4-5-15(11)16)21(18,19)17(12-2-3-12)13-6-8-20-9-7-13/h4-5,10,12-13H,2-3,6-9H2,1H3. The summed E-state index contributed by atoms with van der Waals surface area (Å²) < 4.78 is 46.3. The molecule has 116 valence electrons. The van der Waals surface area contributed by atoms with Crippen LogP contribution in [0.15, 0.2) is 23.1 Å². The highest BCUT2D eigenvalue weighted by molar-refractivity contribution is 7.89. The van der Waals surface area contributed by atoms with Crippen LogP contribution in [0.2, 0.25) is 0 Å². The third-order valence-electron chi connectivity index (χ3n) is 4.16. The number of benzene rings is 1. The molecule has 0 unspecified atom stereocenters. The molecule has 1 aliphatic carbocycles. The van der Waals surface area contributed by atoms with Crippen LogP contribution in [0.25, 0.3) is 0 Å². The average molecular weight is 313 g/mol. The maximum atomic E-state index is 13.4. The first-order valence-corrected chi connectivity index (χ1v) is 8.81. The van der Waals surface area contributed by atoms with Gasteiger partial charge in [-0.15, -0.1) is 0 Å². The molecule has 4 nitrogen and oxygen atoms in total. The zero-order chi connectivity index (χ0) is 15.0. The number of nitrogens with zero attached hydrogens (tertiary/aromatic N) is 1. The van der Waals surface area contributed by atoms with Gasteiger partial charge in [0.1, 0.15) is 5.82 Å². The Balaban J connectivity index is 1.94. The molecule has 1 aliphatic heterocycles. The summed E-state index contributed by atoms with van der Waals surface area (Å²) in [7, 11) is -3.57. The molecule has 1 aromatic carbocycles. The third kappa shape index (κ3) is 2.98. The van der Waals surface area contributed by atoms with Crippen LogP contribution < -0.4 is 0 Å². The fourth-order valence-electron chi connectivity index (χ4n) is 2.86. The van der Waals surface area contributed by atoms with Gasteiger partial charge in [-0.3, -0.25) is 0 Å². The Morgan fingerprint density at radius 3 is 2.33 bits per heavy atom. The van der Waals surface area contributed by atoms with Crippen molar-refractivity contribution in [2.24, 2.45) is 0 Å². The minimum Gasteiger partial charge on any atom is -0.381 e. The van der Waals surface area contributed by atoms with Gasteiger partial charge in [-0.25, -0.2) is 12.8 Å². The zero-order valence-corrected chi connectivity index (χ0v) is 12.9. The van der Waals surface area contributed by atoms with Crippen molar-refractivity contribution in [1.29, 1.82) is 0 Å². The highest BCUT2D eigenvalue weighted by atomic mass is 32.2. The molecule has 0 atom stereocenters. The Morgan fingerprint density at radius 2 is 1.76 bits per heavy atom. The first kappa shape index (κ1) is 14.9. The maximum Gasteiger partial charge on any atom is 0.243 e. The minimum absolute atomic E-state index is 0.00149. The summed E-state index contributed by atoms with van der Waals surface area (Å²) in [6.45, 7) is 2.79. The Bertz CT molecular complexity index is 622. The summed E-state index contributed by atoms with van der Waals surface area (Å²) in [5.41, 5.74) is 0.360. The number of rotatable bonds is 4. The predicted molar refractivity (Wildman–Crippen MR) is 77.0 cm³/mol. The van der Waals surface area contributed by atoms with Gasteiger partial charge in [-0.2, -0.15) is 4.31 Å². The summed E-state index contributed by atoms with van der Waals surface area (Å²) in [6, 6.07) is 4.13. The zero-order valence-electron chi connectivity index (χ0n) is 12.1. The quantitative estimate of drug-likeness (QED) is 0.858. The van der Waals surface area contributed by atoms with Crippen LogP contribution in [0.1, 0.15) is 31.2 Å². The van der Waals surface area contributed by atoms with E-state index in [0.717, 1.165) is 25.7 Å². The van der Waals surface area contributed by atoms with Crippen LogP contribution in [0.3, 0.4) is 0 Å². The van der Waals surface area contributed by atoms with Crippen molar-refractivity contribution in [3.8, 4) is 0 Å². The predicted octanol–water partition coefficient (Wildman–Crippen LogP) is 2.47. The van der Waals surface area contributed by atoms with Crippen molar-refractivity contribution in [2.45, 2.75) is 49.6 Å². The van der Waals surface area contributed by atoms with Crippen LogP contribution in [0.5, 0.6) is 0 Å². The van der Waals surface area contributed by atoms with E-state index in [9.17, 15) is 12.8 Å². The van der Waals surface area contributed by atoms with Crippen molar-refractivity contribution < 1.29 is 17.5 Å². The van der Waals surface area contributed by atoms with Gasteiger partial charge in [0.2, 0.25) is 10.0 Å². The monoisotopic (exact) mass is 313 g/mol. The van der Waals surface area contributed by atoms with E-state index in [2.05, 4.69) is 0 Å². The molecule has 2 aliphatic rings. The molecule has 0 N–H and O–H groups in total. The van der Waals surface area contributed by atoms with E-state index >= 15 is 0 Å². The van der Waals surface area contributed by atoms with E-state index in [4.69, 9.17) is 4.74 Å². The number of aryl methyl sites for hydroxylation is 1. The molecule has 6 heteroatoms. The van der Waals surface area contributed by atoms with Crippen molar-refractivity contribution in [2.75, 3.05) is 13.2 Å². The van der Waals surface area contributed by atoms with Crippen molar-refractivity contribution >= 4 is 10.0 Å². The second-order valence-electron chi connectivity index (χ2n) is 5.82. The topological polar surface area (TPSA) is 46.6 Å². The van der Waals surface area contributed by atoms with Gasteiger partial charge in [0, 0.05) is 25.3 Å². The number of hydrogen-bond donors (Lipinski definition) is 0. The molecular weight excluding hydrogens is 293 g/mol. The van der Waals surface area contributed by atoms with Gasteiger partial charge in [-0.1, -0.05) is 0 Å². The van der Waals surface area contributed by atoms with Gasteiger partial charge in [0.15, 0.2) is 0 Å². The van der Waals surface area contributed by atoms with E-state index in [1.54, 1.807) is 11.2 Å². The smallest absolute Gasteiger partial charge is 0.243 e. The summed E-state index contributed by atoms with van der Waals surface area (Å²) in [5, 5.41) is 0. The highest BCUT2D eigenvalue weighted by Crippen LogP contribution is 2.36. The minimum atomic E-state index is -3.57. The first-order valence-electron chi connectivity index (χ1n) is 7.37. The number of ether oxygens (including phenoxy) is 1. The van der Waals surface area contributed by atoms with E-state index in [1.807, 2.05) is 0 Å². The van der Waals surface area contributed by atoms with Crippen molar-refractivity contribution in [3.05, 3.63) is 29.6 Å². The Kier molecular flexibility index (Phi) is 4.03. The van der Waals surface area contributed by atoms with Gasteiger partial charge < -0.3 is 4.74 Å². The fraction of sp³-hybridized carbons (Fsp3) is 0.600. The number of halogens is 1. The number of sulfonamides is 1. The van der Waals surface area contributed by atoms with Gasteiger partial charge in [0.25, 0.3) is 0 Å². The van der Waals surface area contributed by atoms with Crippen LogP contribution in [0, 0.1) is 12.7 Å². The molecule has 0 amide bonds. The molecule has 0 bridgehead atoms. The highest BCUT2D eigenvalue weighted by Gasteiger charge is 2.42. The SMILES string of the molecule is Cc1cc(S(=O)(=O)N(C2CCOCC2)C2CC2)ccc1F. The first-order chi connectivity index (χ1) is 10.00. The van der Waals surface area contributed by atoms with Crippen LogP contribution in [0.4, 0.5) is 4.39 Å². The molecule has 1 aromatic rings. The molecular formula is C15H20FNO3S. The van der Waals surface area contributed by atoms with Crippen LogP contribution in [-0.4, -0.2) is 38.0 Å². The number of hydrogen-bond acceptors (Lipinski definition) is 3. The normalized spacial score (nSPS) is 20.9. The molecule has 1 saturated carbocycles. The molecule has 1 saturated heterocycles. The van der Waals surface area contributed by atoms with Crippen molar-refractivity contribution in [3.63, 3.8) is 0 Å². The molecule has 3 rings (SSSR count). The fourth-order valence-corrected chi connectivity index (χ4v) is 4.87. The summed E-state index contributed by atoms with van der Waals surface area (Å²) in [5.74, 6) is -0.377. The van der Waals surface area contributed by atoms with E-state index in [1.165, 1.54) is 18.2 Å². The lowest BCUT2D eigenvalue weighted by molar-refractivity contribution is 0.0569. The second kappa shape index (κ2) is 5.66. The van der Waals surface area contributed by atoms with Crippen LogP contribution >= 0.6 is 0 Å². The summed E-state index contributed by atoms with van der Waals surface area (Å²) in [6.07, 6.45) is 3.29. The summed E-state index contributed by atoms with van der Waals surface area (Å²) >= 11 is 0. The third-order valence-corrected chi connectivity index (χ3v) is 6.16. The average Bonchev–Trinajstić information content (AvgIpc) is 3.27. The largest absolute Gasteiger partial charge is 0.381 e. The molecule has 1 heterocycles. The van der Waals surface area contributed by atoms with Gasteiger partial charge >= 0.3 is 0 Å². The van der Waals surface area contributed by atoms with Gasteiger partial charge in [0.05, 0.1) is 4.90 Å². The lowest BCUT2D eigenvalue weighted by atomic mass is 10.1. The van der Waals surface area contributed by atoms with Crippen LogP contribution in [-0.2, 0) is 14.8 Å². The maximum absolute atomic E-state index is 13.4. The molecule has 0 spiro atoms. The van der Waals surface area contributed by atoms with E-state index in [0.29, 0.717) is 18.8 Å². The molecule has 21 heavy (non-hydrogen) atoms. The Labute approximate surface area is 125 Å². The van der Waals surface area contributed by atoms with E-state index in [-0.39, 0.29) is 22.8 Å². The molecule has 2 fully saturated rings. The molecule has 0 aromatic heterocycles. The lowest BCUT2D eigenvalue weighted by Crippen LogP contribution is -2.44. The van der Waals surface area contributed by atoms with Crippen molar-refractivity contribution in [1.82, 2.24) is 4.31 Å². The summed E-state index contributed by atoms with van der Waals surface area (Å²) in [4.78, 5) is 0.194.